The number of nitrogens with one attached hydrogen (secondary N) is 1. The summed E-state index contributed by atoms with van der Waals surface area (Å²) in [5.41, 5.74) is -0.680. The molecule has 12 heteroatoms. The van der Waals surface area contributed by atoms with Gasteiger partial charge < -0.3 is 25.7 Å². The number of aliphatic hydroxyl groups is 2. The Morgan fingerprint density at radius 2 is 1.69 bits per heavy atom. The molecular weight excluding hydrogens is 440 g/mol. The highest BCUT2D eigenvalue weighted by Crippen LogP contribution is 2.35. The molecule has 5 N–H and O–H groups in total. The van der Waals surface area contributed by atoms with E-state index in [2.05, 4.69) is 10.2 Å². The van der Waals surface area contributed by atoms with Crippen LogP contribution in [0.15, 0.2) is 18.2 Å². The first kappa shape index (κ1) is 26.0. The number of halogens is 4. The van der Waals surface area contributed by atoms with Gasteiger partial charge in [0.15, 0.2) is 12.2 Å². The molecule has 1 aromatic rings. The molecule has 180 valence electrons. The average molecular weight is 466 g/mol. The first-order chi connectivity index (χ1) is 14.9. The fourth-order valence-corrected chi connectivity index (χ4v) is 3.37. The van der Waals surface area contributed by atoms with Crippen LogP contribution in [0.2, 0.25) is 0 Å². The number of alkyl halides is 3. The molecule has 2 unspecified atom stereocenters. The second-order valence-electron chi connectivity index (χ2n) is 7.88. The van der Waals surface area contributed by atoms with Gasteiger partial charge in [0.05, 0.1) is 5.56 Å². The minimum absolute atomic E-state index is 0.168. The molecule has 8 nitrogen and oxygen atoms in total. The highest BCUT2D eigenvalue weighted by Gasteiger charge is 2.36. The number of hydrogen-bond acceptors (Lipinski definition) is 6. The number of hydrogen-bond donors (Lipinski definition) is 5. The molecule has 0 spiro atoms. The summed E-state index contributed by atoms with van der Waals surface area (Å²) in [6, 6.07) is 3.27. The van der Waals surface area contributed by atoms with Crippen LogP contribution in [0.1, 0.15) is 30.4 Å². The zero-order valence-corrected chi connectivity index (χ0v) is 17.1. The van der Waals surface area contributed by atoms with Crippen molar-refractivity contribution in [3.8, 4) is 0 Å². The van der Waals surface area contributed by atoms with Gasteiger partial charge in [-0.1, -0.05) is 6.07 Å². The molecule has 2 fully saturated rings. The Morgan fingerprint density at radius 1 is 1.09 bits per heavy atom. The van der Waals surface area contributed by atoms with E-state index in [0.717, 1.165) is 45.0 Å². The van der Waals surface area contributed by atoms with E-state index in [4.69, 9.17) is 20.4 Å². The van der Waals surface area contributed by atoms with Crippen LogP contribution in [0, 0.1) is 11.7 Å². The normalized spacial score (nSPS) is 20.4. The lowest BCUT2D eigenvalue weighted by atomic mass is 10.0. The lowest BCUT2D eigenvalue weighted by molar-refractivity contribution is -0.165. The van der Waals surface area contributed by atoms with Gasteiger partial charge in [-0.2, -0.15) is 13.2 Å². The van der Waals surface area contributed by atoms with Crippen LogP contribution in [-0.2, 0) is 22.3 Å². The molecule has 3 rings (SSSR count). The molecular formula is C20H26F4N2O6. The molecule has 3 atom stereocenters. The lowest BCUT2D eigenvalue weighted by Gasteiger charge is -2.29. The highest BCUT2D eigenvalue weighted by molar-refractivity contribution is 5.83. The van der Waals surface area contributed by atoms with Crippen molar-refractivity contribution in [2.75, 3.05) is 19.6 Å². The Hall–Kier alpha value is -2.28. The van der Waals surface area contributed by atoms with E-state index < -0.39 is 41.7 Å². The molecule has 1 aliphatic heterocycles. The van der Waals surface area contributed by atoms with Crippen molar-refractivity contribution in [3.63, 3.8) is 0 Å². The number of aliphatic carboxylic acids is 2. The van der Waals surface area contributed by atoms with E-state index in [9.17, 15) is 27.2 Å². The van der Waals surface area contributed by atoms with Crippen LogP contribution in [0.3, 0.4) is 0 Å². The number of carboxylic acids is 2. The molecule has 0 bridgehead atoms. The van der Waals surface area contributed by atoms with E-state index in [1.165, 1.54) is 6.07 Å². The Bertz CT molecular complexity index is 779. The highest BCUT2D eigenvalue weighted by atomic mass is 19.4. The minimum Gasteiger partial charge on any atom is -0.479 e. The van der Waals surface area contributed by atoms with Gasteiger partial charge in [-0.3, -0.25) is 4.90 Å². The minimum atomic E-state index is -4.52. The Balaban J connectivity index is 0.000000309. The number of rotatable bonds is 8. The predicted octanol–water partition coefficient (Wildman–Crippen LogP) is 1.30. The fourth-order valence-electron chi connectivity index (χ4n) is 3.37. The molecule has 0 radical (unpaired) electrons. The van der Waals surface area contributed by atoms with E-state index >= 15 is 0 Å². The lowest BCUT2D eigenvalue weighted by Crippen LogP contribution is -2.39. The average Bonchev–Trinajstić information content (AvgIpc) is 3.36. The van der Waals surface area contributed by atoms with Gasteiger partial charge in [-0.25, -0.2) is 14.0 Å². The second-order valence-corrected chi connectivity index (χ2v) is 7.88. The molecule has 1 aromatic carbocycles. The maximum Gasteiger partial charge on any atom is 0.416 e. The SMILES string of the molecule is Fc1ccc(CN(CC2CC2)[C@H]2CCNC2)c(C(F)(F)F)c1.O=C(O)C(O)C(O)C(=O)O. The summed E-state index contributed by atoms with van der Waals surface area (Å²) in [5, 5.41) is 35.8. The summed E-state index contributed by atoms with van der Waals surface area (Å²) in [6.45, 7) is 2.79. The molecule has 32 heavy (non-hydrogen) atoms. The van der Waals surface area contributed by atoms with Crippen molar-refractivity contribution in [3.05, 3.63) is 35.1 Å². The van der Waals surface area contributed by atoms with Crippen LogP contribution in [0.25, 0.3) is 0 Å². The standard InChI is InChI=1S/C16H20F4N2.C4H6O6/c17-13-4-3-12(15(7-13)16(18,19)20)10-22(9-11-1-2-11)14-5-6-21-8-14;5-1(3(7)8)2(6)4(9)10/h3-4,7,11,14,21H,1-2,5-6,8-10H2;1-2,5-6H,(H,7,8)(H,9,10)/t14-;/m0./s1. The Morgan fingerprint density at radius 3 is 2.12 bits per heavy atom. The van der Waals surface area contributed by atoms with Crippen LogP contribution in [-0.4, -0.2) is 75.1 Å². The predicted molar refractivity (Wildman–Crippen MR) is 103 cm³/mol. The summed E-state index contributed by atoms with van der Waals surface area (Å²) in [6.07, 6.45) is -5.78. The van der Waals surface area contributed by atoms with E-state index in [-0.39, 0.29) is 18.2 Å². The first-order valence-corrected chi connectivity index (χ1v) is 10.0. The van der Waals surface area contributed by atoms with Crippen molar-refractivity contribution >= 4 is 11.9 Å². The zero-order valence-electron chi connectivity index (χ0n) is 17.1. The third kappa shape index (κ3) is 7.69. The van der Waals surface area contributed by atoms with E-state index in [1.807, 2.05) is 0 Å². The zero-order chi connectivity index (χ0) is 24.1. The van der Waals surface area contributed by atoms with Crippen molar-refractivity contribution in [2.24, 2.45) is 5.92 Å². The van der Waals surface area contributed by atoms with E-state index in [0.29, 0.717) is 12.0 Å². The van der Waals surface area contributed by atoms with Crippen molar-refractivity contribution < 1.29 is 47.6 Å². The van der Waals surface area contributed by atoms with Gasteiger partial charge in [0.1, 0.15) is 5.82 Å². The third-order valence-electron chi connectivity index (χ3n) is 5.30. The summed E-state index contributed by atoms with van der Waals surface area (Å²) in [4.78, 5) is 21.7. The van der Waals surface area contributed by atoms with E-state index in [1.54, 1.807) is 0 Å². The topological polar surface area (TPSA) is 130 Å². The Kier molecular flexibility index (Phi) is 8.96. The molecule has 1 aliphatic carbocycles. The summed E-state index contributed by atoms with van der Waals surface area (Å²) < 4.78 is 52.6. The van der Waals surface area contributed by atoms with Gasteiger partial charge in [0.2, 0.25) is 0 Å². The maximum atomic E-state index is 13.2. The molecule has 0 aromatic heterocycles. The summed E-state index contributed by atoms with van der Waals surface area (Å²) in [7, 11) is 0. The first-order valence-electron chi connectivity index (χ1n) is 10.0. The number of benzene rings is 1. The number of aliphatic hydroxyl groups excluding tert-OH is 2. The van der Waals surface area contributed by atoms with Crippen LogP contribution < -0.4 is 5.32 Å². The third-order valence-corrected chi connectivity index (χ3v) is 5.30. The number of nitrogens with zero attached hydrogens (tertiary/aromatic N) is 1. The van der Waals surface area contributed by atoms with Gasteiger partial charge >= 0.3 is 18.1 Å². The van der Waals surface area contributed by atoms with Crippen molar-refractivity contribution in [2.45, 2.75) is 50.2 Å². The molecule has 0 amide bonds. The van der Waals surface area contributed by atoms with Gasteiger partial charge in [0.25, 0.3) is 0 Å². The summed E-state index contributed by atoms with van der Waals surface area (Å²) >= 11 is 0. The molecule has 2 aliphatic rings. The van der Waals surface area contributed by atoms with Crippen LogP contribution in [0.5, 0.6) is 0 Å². The van der Waals surface area contributed by atoms with Crippen LogP contribution >= 0.6 is 0 Å². The summed E-state index contributed by atoms with van der Waals surface area (Å²) in [5.74, 6) is -3.77. The van der Waals surface area contributed by atoms with Gasteiger partial charge in [-0.15, -0.1) is 0 Å². The van der Waals surface area contributed by atoms with Crippen molar-refractivity contribution in [1.82, 2.24) is 10.2 Å². The quantitative estimate of drug-likeness (QED) is 0.363. The maximum absolute atomic E-state index is 13.2. The number of carboxylic acid groups (broad SMARTS) is 2. The molecule has 1 heterocycles. The van der Waals surface area contributed by atoms with Gasteiger partial charge in [-0.05, 0) is 49.4 Å². The fraction of sp³-hybridized carbons (Fsp3) is 0.600. The number of carbonyl (C=O) groups is 2. The largest absolute Gasteiger partial charge is 0.479 e. The smallest absolute Gasteiger partial charge is 0.416 e. The van der Waals surface area contributed by atoms with Crippen LogP contribution in [0.4, 0.5) is 17.6 Å². The Labute approximate surface area is 181 Å². The van der Waals surface area contributed by atoms with Crippen molar-refractivity contribution in [1.29, 1.82) is 0 Å². The molecule has 1 saturated carbocycles. The van der Waals surface area contributed by atoms with Gasteiger partial charge in [0, 0.05) is 25.7 Å². The second kappa shape index (κ2) is 11.0. The monoisotopic (exact) mass is 466 g/mol. The molecule has 1 saturated heterocycles.